The van der Waals surface area contributed by atoms with Crippen LogP contribution in [0.4, 0.5) is 0 Å². The molecule has 5 rings (SSSR count). The van der Waals surface area contributed by atoms with E-state index in [0.717, 1.165) is 25.2 Å². The van der Waals surface area contributed by atoms with Crippen LogP contribution in [0.2, 0.25) is 0 Å². The van der Waals surface area contributed by atoms with Crippen molar-refractivity contribution in [3.8, 4) is 0 Å². The predicted molar refractivity (Wildman–Crippen MR) is 132 cm³/mol. The van der Waals surface area contributed by atoms with Crippen molar-refractivity contribution in [2.75, 3.05) is 0 Å². The third-order valence-corrected chi connectivity index (χ3v) is 12.0. The number of allylic oxidation sites excluding steroid dienone is 4. The van der Waals surface area contributed by atoms with Crippen molar-refractivity contribution < 1.29 is 9.84 Å². The molecule has 2 saturated carbocycles. The molecule has 0 aromatic carbocycles. The van der Waals surface area contributed by atoms with E-state index < -0.39 is 0 Å². The topological polar surface area (TPSA) is 29.5 Å². The second-order valence-corrected chi connectivity index (χ2v) is 14.2. The van der Waals surface area contributed by atoms with E-state index in [0.29, 0.717) is 23.4 Å². The predicted octanol–water partition coefficient (Wildman–Crippen LogP) is 7.47. The van der Waals surface area contributed by atoms with Gasteiger partial charge in [0.1, 0.15) is 0 Å². The summed E-state index contributed by atoms with van der Waals surface area (Å²) in [4.78, 5) is 0. The third kappa shape index (κ3) is 2.90. The van der Waals surface area contributed by atoms with Gasteiger partial charge in [-0.05, 0) is 116 Å². The molecule has 180 valence electrons. The van der Waals surface area contributed by atoms with Gasteiger partial charge in [-0.2, -0.15) is 0 Å². The van der Waals surface area contributed by atoms with Gasteiger partial charge in [0, 0.05) is 0 Å². The standard InChI is InChI=1S/C30H48O2/c1-19(23-13-15-26(2,3)32-23)20-11-17-30(8)22-9-10-24-27(4,5)25(31)14-16-28(24,6)21(22)12-18-29(20,30)7/h9,12,19-20,23-25,31H,10-11,13-18H2,1-8H3/t19-,20+,23-,24-,25-,28+,29+,30-/m0/s1. The minimum absolute atomic E-state index is 0.0170. The molecule has 2 heteroatoms. The molecule has 4 aliphatic carbocycles. The Morgan fingerprint density at radius 3 is 2.28 bits per heavy atom. The van der Waals surface area contributed by atoms with E-state index in [1.54, 1.807) is 11.1 Å². The fraction of sp³-hybridized carbons (Fsp3) is 0.867. The molecule has 1 N–H and O–H groups in total. The minimum atomic E-state index is -0.173. The van der Waals surface area contributed by atoms with Crippen LogP contribution < -0.4 is 0 Å². The van der Waals surface area contributed by atoms with E-state index >= 15 is 0 Å². The van der Waals surface area contributed by atoms with Crippen molar-refractivity contribution in [3.63, 3.8) is 0 Å². The zero-order chi connectivity index (χ0) is 23.3. The maximum Gasteiger partial charge on any atom is 0.0631 e. The van der Waals surface area contributed by atoms with Crippen LogP contribution in [0.5, 0.6) is 0 Å². The van der Waals surface area contributed by atoms with Crippen LogP contribution >= 0.6 is 0 Å². The Morgan fingerprint density at radius 2 is 1.62 bits per heavy atom. The largest absolute Gasteiger partial charge is 0.393 e. The van der Waals surface area contributed by atoms with Gasteiger partial charge in [-0.15, -0.1) is 0 Å². The highest BCUT2D eigenvalue weighted by Gasteiger charge is 2.63. The quantitative estimate of drug-likeness (QED) is 0.482. The molecule has 8 atom stereocenters. The lowest BCUT2D eigenvalue weighted by Crippen LogP contribution is -2.54. The SMILES string of the molecule is C[C@H]([C@@H]1CCC(C)(C)O1)[C@H]1CC[C@@]2(C)C3=CC[C@H]4C(C)(C)[C@@H](O)CC[C@]4(C)C3=CC[C@]12C. The van der Waals surface area contributed by atoms with Crippen LogP contribution in [-0.2, 0) is 4.74 Å². The second-order valence-electron chi connectivity index (χ2n) is 14.2. The number of hydrogen-bond donors (Lipinski definition) is 1. The van der Waals surface area contributed by atoms with E-state index in [9.17, 15) is 5.11 Å². The van der Waals surface area contributed by atoms with Crippen molar-refractivity contribution >= 4 is 0 Å². The minimum Gasteiger partial charge on any atom is -0.393 e. The summed E-state index contributed by atoms with van der Waals surface area (Å²) in [5.41, 5.74) is 4.15. The van der Waals surface area contributed by atoms with Crippen molar-refractivity contribution in [2.24, 2.45) is 39.4 Å². The fourth-order valence-corrected chi connectivity index (χ4v) is 9.52. The Kier molecular flexibility index (Phi) is 5.04. The molecule has 0 spiro atoms. The van der Waals surface area contributed by atoms with E-state index in [4.69, 9.17) is 4.74 Å². The molecule has 0 aromatic rings. The van der Waals surface area contributed by atoms with Crippen LogP contribution in [0.15, 0.2) is 23.3 Å². The van der Waals surface area contributed by atoms with Crippen LogP contribution in [0.1, 0.15) is 107 Å². The highest BCUT2D eigenvalue weighted by atomic mass is 16.5. The average molecular weight is 441 g/mol. The van der Waals surface area contributed by atoms with Gasteiger partial charge in [-0.1, -0.05) is 53.7 Å². The highest BCUT2D eigenvalue weighted by molar-refractivity contribution is 5.49. The van der Waals surface area contributed by atoms with Gasteiger partial charge >= 0.3 is 0 Å². The molecule has 5 aliphatic rings. The van der Waals surface area contributed by atoms with E-state index in [-0.39, 0.29) is 27.9 Å². The molecular formula is C30H48O2. The zero-order valence-corrected chi connectivity index (χ0v) is 22.1. The van der Waals surface area contributed by atoms with Gasteiger partial charge in [0.05, 0.1) is 17.8 Å². The Labute approximate surface area is 197 Å². The maximum atomic E-state index is 10.8. The summed E-state index contributed by atoms with van der Waals surface area (Å²) < 4.78 is 6.55. The normalized spacial score (nSPS) is 50.0. The first-order valence-corrected chi connectivity index (χ1v) is 13.5. The van der Waals surface area contributed by atoms with Crippen molar-refractivity contribution in [1.82, 2.24) is 0 Å². The first-order chi connectivity index (χ1) is 14.8. The first kappa shape index (κ1) is 23.2. The molecule has 0 unspecified atom stereocenters. The molecule has 0 bridgehead atoms. The molecule has 0 radical (unpaired) electrons. The summed E-state index contributed by atoms with van der Waals surface area (Å²) in [5, 5.41) is 10.8. The molecular weight excluding hydrogens is 392 g/mol. The number of fused-ring (bicyclic) bond motifs is 5. The molecule has 1 aliphatic heterocycles. The summed E-state index contributed by atoms with van der Waals surface area (Å²) >= 11 is 0. The molecule has 1 heterocycles. The Morgan fingerprint density at radius 1 is 0.906 bits per heavy atom. The highest BCUT2D eigenvalue weighted by Crippen LogP contribution is 2.72. The van der Waals surface area contributed by atoms with Crippen LogP contribution in [0, 0.1) is 39.4 Å². The van der Waals surface area contributed by atoms with Crippen molar-refractivity contribution in [2.45, 2.75) is 125 Å². The summed E-state index contributed by atoms with van der Waals surface area (Å²) in [6.45, 7) is 19.4. The lowest BCUT2D eigenvalue weighted by Gasteiger charge is -2.61. The maximum absolute atomic E-state index is 10.8. The molecule has 2 nitrogen and oxygen atoms in total. The van der Waals surface area contributed by atoms with Crippen LogP contribution in [0.3, 0.4) is 0 Å². The van der Waals surface area contributed by atoms with Gasteiger partial charge in [-0.25, -0.2) is 0 Å². The second kappa shape index (κ2) is 6.97. The molecule has 32 heavy (non-hydrogen) atoms. The van der Waals surface area contributed by atoms with Gasteiger partial charge < -0.3 is 9.84 Å². The average Bonchev–Trinajstić information content (AvgIpc) is 3.21. The smallest absolute Gasteiger partial charge is 0.0631 e. The lowest BCUT2D eigenvalue weighted by atomic mass is 9.44. The summed E-state index contributed by atoms with van der Waals surface area (Å²) in [5.74, 6) is 1.88. The van der Waals surface area contributed by atoms with E-state index in [1.807, 2.05) is 0 Å². The summed E-state index contributed by atoms with van der Waals surface area (Å²) in [7, 11) is 0. The third-order valence-electron chi connectivity index (χ3n) is 12.0. The van der Waals surface area contributed by atoms with E-state index in [1.165, 1.54) is 32.1 Å². The lowest BCUT2D eigenvalue weighted by molar-refractivity contribution is -0.0870. The number of ether oxygens (including phenoxy) is 1. The summed E-state index contributed by atoms with van der Waals surface area (Å²) in [6.07, 6.45) is 15.0. The first-order valence-electron chi connectivity index (χ1n) is 13.5. The summed E-state index contributed by atoms with van der Waals surface area (Å²) in [6, 6.07) is 0. The van der Waals surface area contributed by atoms with Gasteiger partial charge in [-0.3, -0.25) is 0 Å². The van der Waals surface area contributed by atoms with Gasteiger partial charge in [0.25, 0.3) is 0 Å². The number of rotatable bonds is 2. The molecule has 0 aromatic heterocycles. The molecule has 1 saturated heterocycles. The Balaban J connectivity index is 1.49. The van der Waals surface area contributed by atoms with Crippen LogP contribution in [-0.4, -0.2) is 22.9 Å². The monoisotopic (exact) mass is 440 g/mol. The van der Waals surface area contributed by atoms with Crippen molar-refractivity contribution in [3.05, 3.63) is 23.3 Å². The molecule has 0 amide bonds. The van der Waals surface area contributed by atoms with Crippen molar-refractivity contribution in [1.29, 1.82) is 0 Å². The Hall–Kier alpha value is -0.600. The van der Waals surface area contributed by atoms with Gasteiger partial charge in [0.2, 0.25) is 0 Å². The van der Waals surface area contributed by atoms with E-state index in [2.05, 4.69) is 67.5 Å². The van der Waals surface area contributed by atoms with Crippen LogP contribution in [0.25, 0.3) is 0 Å². The number of hydrogen-bond acceptors (Lipinski definition) is 2. The molecule has 3 fully saturated rings. The fourth-order valence-electron chi connectivity index (χ4n) is 9.52. The number of aliphatic hydroxyl groups is 1. The van der Waals surface area contributed by atoms with Gasteiger partial charge in [0.15, 0.2) is 0 Å². The Bertz CT molecular complexity index is 849. The zero-order valence-electron chi connectivity index (χ0n) is 22.1. The number of aliphatic hydroxyl groups excluding tert-OH is 1.